The number of nitrogens with one attached hydrogen (secondary N) is 2. The molecule has 0 aliphatic carbocycles. The van der Waals surface area contributed by atoms with Gasteiger partial charge in [-0.25, -0.2) is 13.4 Å². The summed E-state index contributed by atoms with van der Waals surface area (Å²) in [5.74, 6) is 3.42. The molecule has 0 saturated carbocycles. The van der Waals surface area contributed by atoms with Crippen LogP contribution < -0.4 is 10.6 Å². The second kappa shape index (κ2) is 5.75. The van der Waals surface area contributed by atoms with E-state index in [-0.39, 0.29) is 24.1 Å². The van der Waals surface area contributed by atoms with Gasteiger partial charge < -0.3 is 10.6 Å². The molecule has 1 unspecified atom stereocenters. The first kappa shape index (κ1) is 12.8. The van der Waals surface area contributed by atoms with Crippen molar-refractivity contribution in [2.24, 2.45) is 4.99 Å². The summed E-state index contributed by atoms with van der Waals surface area (Å²) in [6.07, 6.45) is 5.74. The first-order valence-electron chi connectivity index (χ1n) is 5.26. The molecule has 2 N–H and O–H groups in total. The molecular formula is C10H17N3O2S. The van der Waals surface area contributed by atoms with E-state index in [4.69, 9.17) is 6.42 Å². The van der Waals surface area contributed by atoms with Crippen LogP contribution in [0.3, 0.4) is 0 Å². The summed E-state index contributed by atoms with van der Waals surface area (Å²) in [5, 5.41) is 6.09. The van der Waals surface area contributed by atoms with Gasteiger partial charge in [0.25, 0.3) is 0 Å². The van der Waals surface area contributed by atoms with E-state index >= 15 is 0 Å². The Morgan fingerprint density at radius 3 is 2.88 bits per heavy atom. The molecule has 0 amide bonds. The van der Waals surface area contributed by atoms with Crippen LogP contribution in [0.25, 0.3) is 0 Å². The Hall–Kier alpha value is -1.22. The van der Waals surface area contributed by atoms with Gasteiger partial charge in [-0.3, -0.25) is 0 Å². The number of hydrogen-bond donors (Lipinski definition) is 2. The van der Waals surface area contributed by atoms with Crippen molar-refractivity contribution in [3.63, 3.8) is 0 Å². The molecule has 1 aliphatic heterocycles. The fraction of sp³-hybridized carbons (Fsp3) is 0.700. The van der Waals surface area contributed by atoms with Gasteiger partial charge in [0.05, 0.1) is 11.5 Å². The van der Waals surface area contributed by atoms with Gasteiger partial charge in [-0.1, -0.05) is 5.92 Å². The molecule has 0 aromatic heterocycles. The molecule has 0 bridgehead atoms. The minimum Gasteiger partial charge on any atom is -0.357 e. The minimum absolute atomic E-state index is 0.0550. The van der Waals surface area contributed by atoms with Gasteiger partial charge in [0.15, 0.2) is 15.8 Å². The van der Waals surface area contributed by atoms with Crippen LogP contribution in [0.1, 0.15) is 13.3 Å². The van der Waals surface area contributed by atoms with Crippen LogP contribution in [0.4, 0.5) is 0 Å². The maximum absolute atomic E-state index is 11.3. The largest absolute Gasteiger partial charge is 0.357 e. The summed E-state index contributed by atoms with van der Waals surface area (Å²) in [4.78, 5) is 4.11. The number of rotatable bonds is 3. The molecular weight excluding hydrogens is 226 g/mol. The first-order chi connectivity index (χ1) is 7.57. The molecule has 1 rings (SSSR count). The zero-order valence-corrected chi connectivity index (χ0v) is 10.2. The summed E-state index contributed by atoms with van der Waals surface area (Å²) in [7, 11) is -2.86. The van der Waals surface area contributed by atoms with E-state index in [2.05, 4.69) is 21.5 Å². The fourth-order valence-corrected chi connectivity index (χ4v) is 3.22. The van der Waals surface area contributed by atoms with Crippen molar-refractivity contribution in [3.8, 4) is 12.3 Å². The van der Waals surface area contributed by atoms with E-state index < -0.39 is 9.84 Å². The lowest BCUT2D eigenvalue weighted by molar-refractivity contribution is 0.599. The normalized spacial score (nSPS) is 23.8. The summed E-state index contributed by atoms with van der Waals surface area (Å²) in [6, 6.07) is -0.0550. The third-order valence-electron chi connectivity index (χ3n) is 2.25. The van der Waals surface area contributed by atoms with Crippen molar-refractivity contribution >= 4 is 15.8 Å². The van der Waals surface area contributed by atoms with Crippen LogP contribution in [-0.4, -0.2) is 45.0 Å². The van der Waals surface area contributed by atoms with Gasteiger partial charge in [0.2, 0.25) is 0 Å². The summed E-state index contributed by atoms with van der Waals surface area (Å²) >= 11 is 0. The standard InChI is InChI=1S/C10H17N3O2S/c1-3-6-12-10(11-4-2)13-9-5-7-16(14,15)8-9/h1,9H,4-8H2,2H3,(H2,11,12,13). The highest BCUT2D eigenvalue weighted by molar-refractivity contribution is 7.91. The lowest BCUT2D eigenvalue weighted by Gasteiger charge is -2.15. The Kier molecular flexibility index (Phi) is 4.62. The third-order valence-corrected chi connectivity index (χ3v) is 4.01. The minimum atomic E-state index is -2.86. The molecule has 0 radical (unpaired) electrons. The number of aliphatic imine (C=N–C) groups is 1. The quantitative estimate of drug-likeness (QED) is 0.393. The van der Waals surface area contributed by atoms with Gasteiger partial charge in [0, 0.05) is 12.6 Å². The zero-order chi connectivity index (χ0) is 12.0. The zero-order valence-electron chi connectivity index (χ0n) is 9.36. The number of guanidine groups is 1. The van der Waals surface area contributed by atoms with Crippen molar-refractivity contribution < 1.29 is 8.42 Å². The number of nitrogens with zero attached hydrogens (tertiary/aromatic N) is 1. The fourth-order valence-electron chi connectivity index (χ4n) is 1.55. The van der Waals surface area contributed by atoms with Crippen molar-refractivity contribution in [2.45, 2.75) is 19.4 Å². The molecule has 0 spiro atoms. The average Bonchev–Trinajstić information content (AvgIpc) is 2.55. The SMILES string of the molecule is C#CCN=C(NCC)NC1CCS(=O)(=O)C1. The topological polar surface area (TPSA) is 70.6 Å². The molecule has 90 valence electrons. The van der Waals surface area contributed by atoms with Crippen molar-refractivity contribution in [2.75, 3.05) is 24.6 Å². The first-order valence-corrected chi connectivity index (χ1v) is 7.08. The predicted molar refractivity (Wildman–Crippen MR) is 65.0 cm³/mol. The third kappa shape index (κ3) is 4.11. The Bertz CT molecular complexity index is 395. The van der Waals surface area contributed by atoms with Crippen LogP contribution >= 0.6 is 0 Å². The molecule has 1 saturated heterocycles. The van der Waals surface area contributed by atoms with E-state index in [9.17, 15) is 8.42 Å². The Balaban J connectivity index is 2.53. The lowest BCUT2D eigenvalue weighted by atomic mass is 10.3. The van der Waals surface area contributed by atoms with Gasteiger partial charge >= 0.3 is 0 Å². The smallest absolute Gasteiger partial charge is 0.192 e. The van der Waals surface area contributed by atoms with Crippen molar-refractivity contribution in [3.05, 3.63) is 0 Å². The van der Waals surface area contributed by atoms with Gasteiger partial charge in [-0.2, -0.15) is 0 Å². The molecule has 0 aromatic carbocycles. The number of terminal acetylenes is 1. The second-order valence-corrected chi connectivity index (χ2v) is 5.87. The van der Waals surface area contributed by atoms with Crippen LogP contribution in [0, 0.1) is 12.3 Å². The van der Waals surface area contributed by atoms with E-state index in [1.165, 1.54) is 0 Å². The molecule has 6 heteroatoms. The summed E-state index contributed by atoms with van der Waals surface area (Å²) < 4.78 is 22.5. The number of sulfone groups is 1. The molecule has 0 aromatic rings. The van der Waals surface area contributed by atoms with E-state index in [1.54, 1.807) is 0 Å². The summed E-state index contributed by atoms with van der Waals surface area (Å²) in [5.41, 5.74) is 0. The monoisotopic (exact) mass is 243 g/mol. The average molecular weight is 243 g/mol. The van der Waals surface area contributed by atoms with Gasteiger partial charge in [-0.05, 0) is 13.3 Å². The van der Waals surface area contributed by atoms with E-state index in [0.29, 0.717) is 12.4 Å². The Morgan fingerprint density at radius 2 is 2.38 bits per heavy atom. The van der Waals surface area contributed by atoms with Crippen molar-refractivity contribution in [1.82, 2.24) is 10.6 Å². The van der Waals surface area contributed by atoms with Crippen LogP contribution in [-0.2, 0) is 9.84 Å². The molecule has 1 aliphatic rings. The molecule has 1 heterocycles. The highest BCUT2D eigenvalue weighted by atomic mass is 32.2. The van der Waals surface area contributed by atoms with Gasteiger partial charge in [-0.15, -0.1) is 6.42 Å². The van der Waals surface area contributed by atoms with Crippen LogP contribution in [0.2, 0.25) is 0 Å². The van der Waals surface area contributed by atoms with E-state index in [1.807, 2.05) is 6.92 Å². The Labute approximate surface area is 96.6 Å². The second-order valence-electron chi connectivity index (χ2n) is 3.64. The van der Waals surface area contributed by atoms with Gasteiger partial charge in [0.1, 0.15) is 6.54 Å². The van der Waals surface area contributed by atoms with Crippen LogP contribution in [0.15, 0.2) is 4.99 Å². The lowest BCUT2D eigenvalue weighted by Crippen LogP contribution is -2.44. The molecule has 1 atom stereocenters. The predicted octanol–water partition coefficient (Wildman–Crippen LogP) is -0.638. The van der Waals surface area contributed by atoms with Crippen molar-refractivity contribution in [1.29, 1.82) is 0 Å². The maximum Gasteiger partial charge on any atom is 0.192 e. The van der Waals surface area contributed by atoms with Crippen LogP contribution in [0.5, 0.6) is 0 Å². The highest BCUT2D eigenvalue weighted by Crippen LogP contribution is 2.10. The maximum atomic E-state index is 11.3. The highest BCUT2D eigenvalue weighted by Gasteiger charge is 2.28. The van der Waals surface area contributed by atoms with E-state index in [0.717, 1.165) is 6.54 Å². The molecule has 1 fully saturated rings. The molecule has 5 nitrogen and oxygen atoms in total. The summed E-state index contributed by atoms with van der Waals surface area (Å²) in [6.45, 7) is 2.95. The number of hydrogen-bond acceptors (Lipinski definition) is 3. The Morgan fingerprint density at radius 1 is 1.62 bits per heavy atom. The molecule has 16 heavy (non-hydrogen) atoms.